The normalized spacial score (nSPS) is 34.9. The minimum Gasteiger partial charge on any atom is -0.198 e. The third-order valence-corrected chi connectivity index (χ3v) is 7.01. The van der Waals surface area contributed by atoms with Crippen molar-refractivity contribution in [3.63, 3.8) is 0 Å². The smallest absolute Gasteiger partial charge is 0.0689 e. The number of unbranched alkanes of at least 4 members (excludes halogenated alkanes) is 3. The van der Waals surface area contributed by atoms with Crippen LogP contribution in [0.4, 0.5) is 0 Å². The van der Waals surface area contributed by atoms with E-state index in [2.05, 4.69) is 19.9 Å². The van der Waals surface area contributed by atoms with E-state index in [4.69, 9.17) is 0 Å². The van der Waals surface area contributed by atoms with E-state index in [-0.39, 0.29) is 5.41 Å². The highest BCUT2D eigenvalue weighted by Crippen LogP contribution is 2.47. The van der Waals surface area contributed by atoms with Gasteiger partial charge in [0.1, 0.15) is 0 Å². The molecule has 0 unspecified atom stereocenters. The van der Waals surface area contributed by atoms with Crippen LogP contribution in [0.5, 0.6) is 0 Å². The maximum Gasteiger partial charge on any atom is 0.0689 e. The van der Waals surface area contributed by atoms with Gasteiger partial charge in [-0.3, -0.25) is 0 Å². The van der Waals surface area contributed by atoms with Crippen LogP contribution in [0, 0.1) is 34.5 Å². The SMILES string of the molecule is CCCCC[C@]1(C#N)CC[C@@H](C2CCC(CCCC)CC2)CC1. The van der Waals surface area contributed by atoms with Crippen LogP contribution >= 0.6 is 0 Å². The molecule has 2 fully saturated rings. The maximum atomic E-state index is 9.70. The Balaban J connectivity index is 1.73. The molecule has 0 N–H and O–H groups in total. The Morgan fingerprint density at radius 1 is 0.826 bits per heavy atom. The minimum absolute atomic E-state index is 0.0456. The third kappa shape index (κ3) is 5.51. The van der Waals surface area contributed by atoms with Crippen LogP contribution in [0.2, 0.25) is 0 Å². The van der Waals surface area contributed by atoms with Gasteiger partial charge in [-0.25, -0.2) is 0 Å². The highest BCUT2D eigenvalue weighted by molar-refractivity contribution is 5.02. The molecule has 2 aliphatic carbocycles. The first-order valence-corrected chi connectivity index (χ1v) is 10.6. The summed E-state index contributed by atoms with van der Waals surface area (Å²) in [5, 5.41) is 9.70. The Kier molecular flexibility index (Phi) is 7.94. The lowest BCUT2D eigenvalue weighted by Crippen LogP contribution is -2.31. The average Bonchev–Trinajstić information content (AvgIpc) is 2.61. The van der Waals surface area contributed by atoms with Crippen molar-refractivity contribution in [3.05, 3.63) is 0 Å². The van der Waals surface area contributed by atoms with E-state index in [0.29, 0.717) is 0 Å². The predicted molar refractivity (Wildman–Crippen MR) is 99.1 cm³/mol. The molecule has 0 aliphatic heterocycles. The van der Waals surface area contributed by atoms with Gasteiger partial charge in [-0.15, -0.1) is 0 Å². The van der Waals surface area contributed by atoms with E-state index in [1.54, 1.807) is 0 Å². The molecular formula is C22H39N. The van der Waals surface area contributed by atoms with Gasteiger partial charge < -0.3 is 0 Å². The zero-order valence-electron chi connectivity index (χ0n) is 15.8. The largest absolute Gasteiger partial charge is 0.198 e. The maximum absolute atomic E-state index is 9.70. The molecular weight excluding hydrogens is 278 g/mol. The lowest BCUT2D eigenvalue weighted by atomic mass is 9.63. The van der Waals surface area contributed by atoms with Gasteiger partial charge >= 0.3 is 0 Å². The van der Waals surface area contributed by atoms with Crippen molar-refractivity contribution in [1.82, 2.24) is 0 Å². The lowest BCUT2D eigenvalue weighted by Gasteiger charge is -2.41. The van der Waals surface area contributed by atoms with Gasteiger partial charge in [0.05, 0.1) is 11.5 Å². The number of nitriles is 1. The lowest BCUT2D eigenvalue weighted by molar-refractivity contribution is 0.114. The third-order valence-electron chi connectivity index (χ3n) is 7.01. The van der Waals surface area contributed by atoms with E-state index in [0.717, 1.165) is 24.2 Å². The van der Waals surface area contributed by atoms with Gasteiger partial charge in [0.15, 0.2) is 0 Å². The van der Waals surface area contributed by atoms with Crippen molar-refractivity contribution in [2.75, 3.05) is 0 Å². The molecule has 0 saturated heterocycles. The molecule has 0 bridgehead atoms. The first kappa shape index (κ1) is 18.8. The molecule has 0 spiro atoms. The second-order valence-corrected chi connectivity index (χ2v) is 8.61. The Labute approximate surface area is 145 Å². The number of rotatable bonds is 8. The fourth-order valence-corrected chi connectivity index (χ4v) is 5.24. The predicted octanol–water partition coefficient (Wildman–Crippen LogP) is 7.26. The van der Waals surface area contributed by atoms with Crippen LogP contribution in [-0.4, -0.2) is 0 Å². The van der Waals surface area contributed by atoms with Crippen LogP contribution in [0.1, 0.15) is 110 Å². The summed E-state index contributed by atoms with van der Waals surface area (Å²) in [7, 11) is 0. The van der Waals surface area contributed by atoms with Crippen molar-refractivity contribution in [2.24, 2.45) is 23.2 Å². The van der Waals surface area contributed by atoms with Crippen molar-refractivity contribution < 1.29 is 0 Å². The Bertz CT molecular complexity index is 351. The van der Waals surface area contributed by atoms with Gasteiger partial charge in [-0.2, -0.15) is 5.26 Å². The molecule has 0 aromatic rings. The van der Waals surface area contributed by atoms with Gasteiger partial charge in [0.25, 0.3) is 0 Å². The molecule has 1 nitrogen and oxygen atoms in total. The van der Waals surface area contributed by atoms with Gasteiger partial charge in [-0.05, 0) is 62.7 Å². The molecule has 0 radical (unpaired) electrons. The van der Waals surface area contributed by atoms with Crippen molar-refractivity contribution in [1.29, 1.82) is 5.26 Å². The summed E-state index contributed by atoms with van der Waals surface area (Å²) >= 11 is 0. The second kappa shape index (κ2) is 9.71. The Morgan fingerprint density at radius 3 is 2.00 bits per heavy atom. The van der Waals surface area contributed by atoms with Crippen molar-refractivity contribution in [3.8, 4) is 6.07 Å². The van der Waals surface area contributed by atoms with E-state index >= 15 is 0 Å². The summed E-state index contributed by atoms with van der Waals surface area (Å²) in [5.74, 6) is 2.96. The van der Waals surface area contributed by atoms with Gasteiger partial charge in [0, 0.05) is 0 Å². The van der Waals surface area contributed by atoms with E-state index in [1.165, 1.54) is 89.9 Å². The highest BCUT2D eigenvalue weighted by atomic mass is 14.4. The van der Waals surface area contributed by atoms with E-state index in [9.17, 15) is 5.26 Å². The zero-order chi connectivity index (χ0) is 16.5. The summed E-state index contributed by atoms with van der Waals surface area (Å²) < 4.78 is 0. The first-order chi connectivity index (χ1) is 11.2. The van der Waals surface area contributed by atoms with E-state index in [1.807, 2.05) is 0 Å². The molecule has 0 amide bonds. The number of hydrogen-bond acceptors (Lipinski definition) is 1. The summed E-state index contributed by atoms with van der Waals surface area (Å²) in [6, 6.07) is 2.73. The first-order valence-electron chi connectivity index (χ1n) is 10.6. The summed E-state index contributed by atoms with van der Waals surface area (Å²) in [4.78, 5) is 0. The fraction of sp³-hybridized carbons (Fsp3) is 0.955. The Hall–Kier alpha value is -0.510. The van der Waals surface area contributed by atoms with Crippen molar-refractivity contribution >= 4 is 0 Å². The van der Waals surface area contributed by atoms with Crippen LogP contribution in [0.3, 0.4) is 0 Å². The molecule has 1 heteroatoms. The summed E-state index contributed by atoms with van der Waals surface area (Å²) in [6.45, 7) is 4.57. The molecule has 132 valence electrons. The molecule has 0 aromatic heterocycles. The minimum atomic E-state index is 0.0456. The van der Waals surface area contributed by atoms with Gasteiger partial charge in [-0.1, -0.05) is 65.2 Å². The van der Waals surface area contributed by atoms with Crippen LogP contribution < -0.4 is 0 Å². The van der Waals surface area contributed by atoms with Crippen molar-refractivity contribution in [2.45, 2.75) is 110 Å². The molecule has 2 aliphatic rings. The van der Waals surface area contributed by atoms with Crippen LogP contribution in [0.15, 0.2) is 0 Å². The van der Waals surface area contributed by atoms with Crippen LogP contribution in [-0.2, 0) is 0 Å². The molecule has 2 rings (SSSR count). The second-order valence-electron chi connectivity index (χ2n) is 8.61. The average molecular weight is 318 g/mol. The zero-order valence-corrected chi connectivity index (χ0v) is 15.8. The molecule has 0 aromatic carbocycles. The highest BCUT2D eigenvalue weighted by Gasteiger charge is 2.38. The standard InChI is InChI=1S/C22H39N/c1-3-5-7-15-22(18-23)16-13-21(14-17-22)20-11-9-19(10-12-20)8-6-4-2/h19-21H,3-17H2,1-2H3/t19?,20?,21-,22+. The monoisotopic (exact) mass is 317 g/mol. The molecule has 2 saturated carbocycles. The fourth-order valence-electron chi connectivity index (χ4n) is 5.24. The van der Waals surface area contributed by atoms with Gasteiger partial charge in [0.2, 0.25) is 0 Å². The number of nitrogens with zero attached hydrogens (tertiary/aromatic N) is 1. The number of hydrogen-bond donors (Lipinski definition) is 0. The molecule has 23 heavy (non-hydrogen) atoms. The molecule has 0 heterocycles. The van der Waals surface area contributed by atoms with E-state index < -0.39 is 0 Å². The topological polar surface area (TPSA) is 23.8 Å². The summed E-state index contributed by atoms with van der Waals surface area (Å²) in [5.41, 5.74) is 0.0456. The Morgan fingerprint density at radius 2 is 1.43 bits per heavy atom. The van der Waals surface area contributed by atoms with Crippen LogP contribution in [0.25, 0.3) is 0 Å². The molecule has 0 atom stereocenters. The summed E-state index contributed by atoms with van der Waals surface area (Å²) in [6.07, 6.45) is 20.2. The quantitative estimate of drug-likeness (QED) is 0.432.